The van der Waals surface area contributed by atoms with E-state index in [4.69, 9.17) is 4.74 Å². The van der Waals surface area contributed by atoms with Gasteiger partial charge in [-0.05, 0) is 56.1 Å². The number of benzene rings is 1. The van der Waals surface area contributed by atoms with Crippen LogP contribution in [0.25, 0.3) is 0 Å². The van der Waals surface area contributed by atoms with Gasteiger partial charge in [-0.2, -0.15) is 5.10 Å². The number of nitrogens with one attached hydrogen (secondary N) is 2. The first-order valence-electron chi connectivity index (χ1n) is 8.31. The van der Waals surface area contributed by atoms with Gasteiger partial charge in [0.2, 0.25) is 10.0 Å². The summed E-state index contributed by atoms with van der Waals surface area (Å²) in [6, 6.07) is 6.39. The van der Waals surface area contributed by atoms with Gasteiger partial charge < -0.3 is 10.1 Å². The lowest BCUT2D eigenvalue weighted by Gasteiger charge is -2.22. The fourth-order valence-electron chi connectivity index (χ4n) is 2.72. The number of hydrogen-bond donors (Lipinski definition) is 2. The van der Waals surface area contributed by atoms with Gasteiger partial charge in [-0.3, -0.25) is 4.68 Å². The van der Waals surface area contributed by atoms with Gasteiger partial charge >= 0.3 is 0 Å². The molecular weight excluding hydrogens is 342 g/mol. The molecule has 9 heteroatoms. The highest BCUT2D eigenvalue weighted by Crippen LogP contribution is 2.17. The largest absolute Gasteiger partial charge is 0.486 e. The number of nitrogens with zero attached hydrogens (tertiary/aromatic N) is 3. The highest BCUT2D eigenvalue weighted by atomic mass is 32.2. The average Bonchev–Trinajstić information content (AvgIpc) is 3.04. The molecular formula is C16H23N5O3S. The van der Waals surface area contributed by atoms with E-state index in [-0.39, 0.29) is 11.5 Å². The molecule has 8 nitrogen and oxygen atoms in total. The van der Waals surface area contributed by atoms with Crippen LogP contribution in [0.1, 0.15) is 18.7 Å². The summed E-state index contributed by atoms with van der Waals surface area (Å²) in [5.74, 6) is 1.62. The molecule has 1 saturated heterocycles. The van der Waals surface area contributed by atoms with Gasteiger partial charge in [-0.15, -0.1) is 0 Å². The Labute approximate surface area is 147 Å². The molecule has 0 amide bonds. The van der Waals surface area contributed by atoms with Gasteiger partial charge in [0, 0.05) is 13.6 Å². The first kappa shape index (κ1) is 17.8. The molecule has 0 spiro atoms. The van der Waals surface area contributed by atoms with Gasteiger partial charge in [-0.1, -0.05) is 0 Å². The molecule has 1 aromatic heterocycles. The van der Waals surface area contributed by atoms with Gasteiger partial charge in [0.25, 0.3) is 0 Å². The van der Waals surface area contributed by atoms with Crippen LogP contribution >= 0.6 is 0 Å². The van der Waals surface area contributed by atoms with Gasteiger partial charge in [0.1, 0.15) is 18.7 Å². The Balaban J connectivity index is 1.55. The summed E-state index contributed by atoms with van der Waals surface area (Å²) < 4.78 is 34.7. The Morgan fingerprint density at radius 1 is 1.36 bits per heavy atom. The van der Waals surface area contributed by atoms with Crippen LogP contribution in [0.5, 0.6) is 5.75 Å². The smallest absolute Gasteiger partial charge is 0.240 e. The maximum absolute atomic E-state index is 12.4. The van der Waals surface area contributed by atoms with Crippen molar-refractivity contribution < 1.29 is 13.2 Å². The summed E-state index contributed by atoms with van der Waals surface area (Å²) in [7, 11) is -1.71. The van der Waals surface area contributed by atoms with Crippen LogP contribution in [0.2, 0.25) is 0 Å². The molecule has 0 unspecified atom stereocenters. The van der Waals surface area contributed by atoms with Crippen LogP contribution in [0.15, 0.2) is 35.5 Å². The van der Waals surface area contributed by atoms with E-state index in [0.717, 1.165) is 25.9 Å². The standard InChI is InChI=1S/C16H23N5O3S/c1-21-16(18-12-19-21)11-24-14-4-6-15(7-5-14)25(22,23)20-10-13-3-2-8-17-9-13/h4-7,12-13,17,20H,2-3,8-11H2,1H3/t13-/m0/s1. The third-order valence-corrected chi connectivity index (χ3v) is 5.71. The number of aryl methyl sites for hydroxylation is 1. The van der Waals surface area contributed by atoms with Crippen molar-refractivity contribution in [2.45, 2.75) is 24.3 Å². The minimum Gasteiger partial charge on any atom is -0.486 e. The van der Waals surface area contributed by atoms with E-state index in [1.807, 2.05) is 0 Å². The normalized spacial score (nSPS) is 18.2. The summed E-state index contributed by atoms with van der Waals surface area (Å²) in [5.41, 5.74) is 0. The van der Waals surface area contributed by atoms with E-state index >= 15 is 0 Å². The second-order valence-corrected chi connectivity index (χ2v) is 7.89. The third-order valence-electron chi connectivity index (χ3n) is 4.27. The van der Waals surface area contributed by atoms with Crippen molar-refractivity contribution in [1.29, 1.82) is 0 Å². The van der Waals surface area contributed by atoms with Crippen molar-refractivity contribution in [3.63, 3.8) is 0 Å². The first-order valence-corrected chi connectivity index (χ1v) is 9.79. The summed E-state index contributed by atoms with van der Waals surface area (Å²) in [6.07, 6.45) is 3.59. The van der Waals surface area contributed by atoms with Crippen molar-refractivity contribution >= 4 is 10.0 Å². The number of aromatic nitrogens is 3. The highest BCUT2D eigenvalue weighted by Gasteiger charge is 2.18. The lowest BCUT2D eigenvalue weighted by Crippen LogP contribution is -2.38. The predicted octanol–water partition coefficient (Wildman–Crippen LogP) is 0.672. The molecule has 2 heterocycles. The van der Waals surface area contributed by atoms with Crippen LogP contribution < -0.4 is 14.8 Å². The van der Waals surface area contributed by atoms with Gasteiger partial charge in [0.05, 0.1) is 4.90 Å². The maximum atomic E-state index is 12.4. The van der Waals surface area contributed by atoms with E-state index in [1.165, 1.54) is 6.33 Å². The SMILES string of the molecule is Cn1ncnc1COc1ccc(S(=O)(=O)NC[C@H]2CCCNC2)cc1. The molecule has 136 valence electrons. The summed E-state index contributed by atoms with van der Waals surface area (Å²) in [4.78, 5) is 4.31. The second-order valence-electron chi connectivity index (χ2n) is 6.12. The number of rotatable bonds is 7. The fraction of sp³-hybridized carbons (Fsp3) is 0.500. The zero-order chi connectivity index (χ0) is 17.7. The van der Waals surface area contributed by atoms with Gasteiger partial charge in [0.15, 0.2) is 5.82 Å². The molecule has 0 bridgehead atoms. The quantitative estimate of drug-likeness (QED) is 0.748. The minimum atomic E-state index is -3.50. The van der Waals surface area contributed by atoms with Crippen LogP contribution in [0.3, 0.4) is 0 Å². The first-order chi connectivity index (χ1) is 12.0. The van der Waals surface area contributed by atoms with Gasteiger partial charge in [-0.25, -0.2) is 18.1 Å². The lowest BCUT2D eigenvalue weighted by atomic mass is 10.0. The molecule has 1 aliphatic heterocycles. The monoisotopic (exact) mass is 365 g/mol. The topological polar surface area (TPSA) is 98.1 Å². The fourth-order valence-corrected chi connectivity index (χ4v) is 3.84. The zero-order valence-electron chi connectivity index (χ0n) is 14.2. The second kappa shape index (κ2) is 7.94. The maximum Gasteiger partial charge on any atom is 0.240 e. The van der Waals surface area contributed by atoms with Crippen molar-refractivity contribution in [2.24, 2.45) is 13.0 Å². The van der Waals surface area contributed by atoms with Crippen molar-refractivity contribution in [3.05, 3.63) is 36.4 Å². The molecule has 0 aliphatic carbocycles. The highest BCUT2D eigenvalue weighted by molar-refractivity contribution is 7.89. The van der Waals surface area contributed by atoms with Crippen LogP contribution in [-0.4, -0.2) is 42.8 Å². The van der Waals surface area contributed by atoms with E-state index < -0.39 is 10.0 Å². The van der Waals surface area contributed by atoms with E-state index in [1.54, 1.807) is 36.0 Å². The van der Waals surface area contributed by atoms with Crippen LogP contribution in [0, 0.1) is 5.92 Å². The van der Waals surface area contributed by atoms with E-state index in [9.17, 15) is 8.42 Å². The number of sulfonamides is 1. The molecule has 0 radical (unpaired) electrons. The molecule has 2 N–H and O–H groups in total. The Morgan fingerprint density at radius 2 is 2.16 bits per heavy atom. The molecule has 2 aromatic rings. The number of hydrogen-bond acceptors (Lipinski definition) is 6. The lowest BCUT2D eigenvalue weighted by molar-refractivity contribution is 0.289. The Hall–Kier alpha value is -1.97. The van der Waals surface area contributed by atoms with Crippen molar-refractivity contribution in [3.8, 4) is 5.75 Å². The number of piperidine rings is 1. The van der Waals surface area contributed by atoms with Crippen molar-refractivity contribution in [1.82, 2.24) is 24.8 Å². The molecule has 1 atom stereocenters. The number of ether oxygens (including phenoxy) is 1. The van der Waals surface area contributed by atoms with E-state index in [0.29, 0.717) is 24.0 Å². The van der Waals surface area contributed by atoms with Crippen LogP contribution in [-0.2, 0) is 23.7 Å². The predicted molar refractivity (Wildman–Crippen MR) is 92.6 cm³/mol. The molecule has 0 saturated carbocycles. The summed E-state index contributed by atoms with van der Waals surface area (Å²) >= 11 is 0. The Bertz CT molecular complexity index is 782. The van der Waals surface area contributed by atoms with Crippen molar-refractivity contribution in [2.75, 3.05) is 19.6 Å². The third kappa shape index (κ3) is 4.77. The zero-order valence-corrected chi connectivity index (χ0v) is 15.0. The minimum absolute atomic E-state index is 0.238. The molecule has 1 aliphatic rings. The molecule has 25 heavy (non-hydrogen) atoms. The van der Waals surface area contributed by atoms with E-state index in [2.05, 4.69) is 20.1 Å². The summed E-state index contributed by atoms with van der Waals surface area (Å²) in [5, 5.41) is 7.25. The molecule has 3 rings (SSSR count). The molecule has 1 fully saturated rings. The molecule has 1 aromatic carbocycles. The Morgan fingerprint density at radius 3 is 2.80 bits per heavy atom. The van der Waals surface area contributed by atoms with Crippen LogP contribution in [0.4, 0.5) is 0 Å². The Kier molecular flexibility index (Phi) is 5.67. The summed E-state index contributed by atoms with van der Waals surface area (Å²) in [6.45, 7) is 2.60. The average molecular weight is 365 g/mol.